The molecule has 1 aliphatic rings. The first-order chi connectivity index (χ1) is 12.5. The Bertz CT molecular complexity index is 1060. The first-order valence-corrected chi connectivity index (χ1v) is 8.36. The summed E-state index contributed by atoms with van der Waals surface area (Å²) in [5.74, 6) is -0.641. The number of anilines is 1. The molecule has 2 N–H and O–H groups in total. The van der Waals surface area contributed by atoms with Crippen LogP contribution in [0.5, 0.6) is 0 Å². The lowest BCUT2D eigenvalue weighted by Gasteiger charge is -2.17. The number of hydrogen-bond donors (Lipinski definition) is 2. The van der Waals surface area contributed by atoms with Crippen LogP contribution in [0.15, 0.2) is 47.4 Å². The number of aromatic amines is 1. The van der Waals surface area contributed by atoms with Gasteiger partial charge in [-0.05, 0) is 42.8 Å². The van der Waals surface area contributed by atoms with Gasteiger partial charge in [0, 0.05) is 23.5 Å². The summed E-state index contributed by atoms with van der Waals surface area (Å²) in [6.07, 6.45) is 2.00. The Morgan fingerprint density at radius 3 is 2.77 bits per heavy atom. The van der Waals surface area contributed by atoms with Gasteiger partial charge in [0.2, 0.25) is 5.91 Å². The molecule has 0 bridgehead atoms. The number of benzene rings is 1. The lowest BCUT2D eigenvalue weighted by molar-refractivity contribution is -0.118. The van der Waals surface area contributed by atoms with Crippen molar-refractivity contribution in [2.75, 3.05) is 11.4 Å². The van der Waals surface area contributed by atoms with Gasteiger partial charge in [-0.2, -0.15) is 5.10 Å². The molecule has 0 saturated carbocycles. The molecule has 1 fully saturated rings. The van der Waals surface area contributed by atoms with Crippen molar-refractivity contribution in [2.24, 2.45) is 0 Å². The number of pyridine rings is 1. The quantitative estimate of drug-likeness (QED) is 0.722. The molecule has 0 radical (unpaired) electrons. The summed E-state index contributed by atoms with van der Waals surface area (Å²) < 4.78 is 1.24. The van der Waals surface area contributed by atoms with Gasteiger partial charge in [0.05, 0.1) is 5.56 Å². The van der Waals surface area contributed by atoms with Crippen molar-refractivity contribution in [2.45, 2.75) is 12.5 Å². The number of carbonyl (C=O) groups is 2. The van der Waals surface area contributed by atoms with E-state index >= 15 is 0 Å². The van der Waals surface area contributed by atoms with E-state index < -0.39 is 17.6 Å². The van der Waals surface area contributed by atoms with E-state index in [0.717, 1.165) is 5.69 Å². The molecule has 1 atom stereocenters. The molecular weight excluding hydrogens is 358 g/mol. The second-order valence-electron chi connectivity index (χ2n) is 5.93. The van der Waals surface area contributed by atoms with E-state index in [1.165, 1.54) is 10.6 Å². The molecule has 9 heteroatoms. The van der Waals surface area contributed by atoms with E-state index in [4.69, 9.17) is 11.6 Å². The number of hydrogen-bond acceptors (Lipinski definition) is 4. The fourth-order valence-corrected chi connectivity index (χ4v) is 3.16. The van der Waals surface area contributed by atoms with Crippen molar-refractivity contribution in [3.05, 3.63) is 63.7 Å². The summed E-state index contributed by atoms with van der Waals surface area (Å²) in [6.45, 7) is 0.497. The molecule has 2 amide bonds. The molecule has 0 aliphatic carbocycles. The summed E-state index contributed by atoms with van der Waals surface area (Å²) >= 11 is 5.88. The molecule has 132 valence electrons. The zero-order valence-corrected chi connectivity index (χ0v) is 14.2. The van der Waals surface area contributed by atoms with Crippen molar-refractivity contribution >= 4 is 34.7 Å². The number of nitrogens with zero attached hydrogens (tertiary/aromatic N) is 3. The Hall–Kier alpha value is -3.13. The number of rotatable bonds is 3. The predicted molar refractivity (Wildman–Crippen MR) is 95.5 cm³/mol. The highest BCUT2D eigenvalue weighted by molar-refractivity contribution is 6.30. The van der Waals surface area contributed by atoms with Crippen LogP contribution >= 0.6 is 11.6 Å². The average Bonchev–Trinajstić information content (AvgIpc) is 3.19. The van der Waals surface area contributed by atoms with Crippen molar-refractivity contribution in [3.8, 4) is 0 Å². The predicted octanol–water partition coefficient (Wildman–Crippen LogP) is 1.21. The summed E-state index contributed by atoms with van der Waals surface area (Å²) in [7, 11) is 0. The van der Waals surface area contributed by atoms with E-state index in [1.54, 1.807) is 41.3 Å². The zero-order valence-electron chi connectivity index (χ0n) is 13.5. The SMILES string of the molecule is O=C(N[C@H]1CCN(c2ccc(Cl)cc2)C1=O)c1cccn2c(=O)[nH]nc12. The van der Waals surface area contributed by atoms with Crippen LogP contribution < -0.4 is 15.9 Å². The first kappa shape index (κ1) is 16.3. The van der Waals surface area contributed by atoms with Gasteiger partial charge in [0.15, 0.2) is 5.65 Å². The van der Waals surface area contributed by atoms with Crippen LogP contribution in [-0.2, 0) is 4.79 Å². The minimum Gasteiger partial charge on any atom is -0.340 e. The third kappa shape index (κ3) is 2.74. The van der Waals surface area contributed by atoms with E-state index in [2.05, 4.69) is 15.5 Å². The molecule has 0 spiro atoms. The molecule has 4 rings (SSSR count). The highest BCUT2D eigenvalue weighted by Gasteiger charge is 2.34. The molecule has 3 heterocycles. The number of H-pyrrole nitrogens is 1. The van der Waals surface area contributed by atoms with E-state index in [-0.39, 0.29) is 17.1 Å². The smallest absolute Gasteiger partial charge is 0.340 e. The Balaban J connectivity index is 1.54. The van der Waals surface area contributed by atoms with E-state index in [0.29, 0.717) is 18.0 Å². The Morgan fingerprint density at radius 1 is 1.23 bits per heavy atom. The molecule has 2 aromatic heterocycles. The highest BCUT2D eigenvalue weighted by Crippen LogP contribution is 2.23. The maximum Gasteiger partial charge on any atom is 0.347 e. The number of fused-ring (bicyclic) bond motifs is 1. The fourth-order valence-electron chi connectivity index (χ4n) is 3.04. The number of nitrogens with one attached hydrogen (secondary N) is 2. The minimum atomic E-state index is -0.635. The summed E-state index contributed by atoms with van der Waals surface area (Å²) in [4.78, 5) is 38.4. The monoisotopic (exact) mass is 371 g/mol. The second-order valence-corrected chi connectivity index (χ2v) is 6.36. The highest BCUT2D eigenvalue weighted by atomic mass is 35.5. The fraction of sp³-hybridized carbons (Fsp3) is 0.176. The first-order valence-electron chi connectivity index (χ1n) is 7.98. The largest absolute Gasteiger partial charge is 0.347 e. The summed E-state index contributed by atoms with van der Waals surface area (Å²) in [6, 6.07) is 9.46. The molecule has 3 aromatic rings. The van der Waals surface area contributed by atoms with Gasteiger partial charge in [0.1, 0.15) is 6.04 Å². The van der Waals surface area contributed by atoms with Crippen molar-refractivity contribution in [1.82, 2.24) is 19.9 Å². The van der Waals surface area contributed by atoms with Crippen LogP contribution in [0.25, 0.3) is 5.65 Å². The van der Waals surface area contributed by atoms with Crippen LogP contribution in [0.1, 0.15) is 16.8 Å². The average molecular weight is 372 g/mol. The Morgan fingerprint density at radius 2 is 2.00 bits per heavy atom. The normalized spacial score (nSPS) is 17.0. The van der Waals surface area contributed by atoms with Gasteiger partial charge in [0.25, 0.3) is 5.91 Å². The zero-order chi connectivity index (χ0) is 18.3. The molecule has 8 nitrogen and oxygen atoms in total. The van der Waals surface area contributed by atoms with E-state index in [1.807, 2.05) is 0 Å². The molecule has 1 saturated heterocycles. The van der Waals surface area contributed by atoms with Crippen LogP contribution in [0.2, 0.25) is 5.02 Å². The lowest BCUT2D eigenvalue weighted by Crippen LogP contribution is -2.41. The molecule has 26 heavy (non-hydrogen) atoms. The number of carbonyl (C=O) groups excluding carboxylic acids is 2. The van der Waals surface area contributed by atoms with Crippen molar-refractivity contribution in [1.29, 1.82) is 0 Å². The standard InChI is InChI=1S/C17H14ClN5O3/c18-10-3-5-11(6-4-10)22-9-7-13(16(22)25)19-15(24)12-2-1-8-23-14(12)20-21-17(23)26/h1-6,8,13H,7,9H2,(H,19,24)(H,21,26)/t13-/m0/s1. The van der Waals surface area contributed by atoms with Crippen LogP contribution in [0, 0.1) is 0 Å². The van der Waals surface area contributed by atoms with Crippen molar-refractivity contribution in [3.63, 3.8) is 0 Å². The number of aromatic nitrogens is 3. The maximum absolute atomic E-state index is 12.6. The van der Waals surface area contributed by atoms with Crippen LogP contribution in [0.4, 0.5) is 5.69 Å². The molecular formula is C17H14ClN5O3. The van der Waals surface area contributed by atoms with Gasteiger partial charge < -0.3 is 10.2 Å². The van der Waals surface area contributed by atoms with E-state index in [9.17, 15) is 14.4 Å². The van der Waals surface area contributed by atoms with Crippen LogP contribution in [0.3, 0.4) is 0 Å². The van der Waals surface area contributed by atoms with Crippen LogP contribution in [-0.4, -0.2) is 39.0 Å². The molecule has 1 aromatic carbocycles. The summed E-state index contributed by atoms with van der Waals surface area (Å²) in [5.41, 5.74) is 0.746. The van der Waals surface area contributed by atoms with Gasteiger partial charge in [-0.15, -0.1) is 0 Å². The van der Waals surface area contributed by atoms with Gasteiger partial charge in [-0.25, -0.2) is 14.3 Å². The lowest BCUT2D eigenvalue weighted by atomic mass is 10.2. The maximum atomic E-state index is 12.6. The summed E-state index contributed by atoms with van der Waals surface area (Å²) in [5, 5.41) is 9.48. The van der Waals surface area contributed by atoms with Gasteiger partial charge in [-0.3, -0.25) is 9.59 Å². The van der Waals surface area contributed by atoms with Gasteiger partial charge >= 0.3 is 5.69 Å². The number of amides is 2. The Kier molecular flexibility index (Phi) is 3.96. The minimum absolute atomic E-state index is 0.188. The molecule has 0 unspecified atom stereocenters. The topological polar surface area (TPSA) is 99.6 Å². The molecule has 1 aliphatic heterocycles. The third-order valence-corrected chi connectivity index (χ3v) is 4.59. The second kappa shape index (κ2) is 6.30. The van der Waals surface area contributed by atoms with Gasteiger partial charge in [-0.1, -0.05) is 11.6 Å². The Labute approximate surface area is 152 Å². The number of halogens is 1. The third-order valence-electron chi connectivity index (χ3n) is 4.34. The van der Waals surface area contributed by atoms with Crippen molar-refractivity contribution < 1.29 is 9.59 Å².